The fourth-order valence-corrected chi connectivity index (χ4v) is 3.40. The zero-order valence-corrected chi connectivity index (χ0v) is 16.8. The second-order valence-corrected chi connectivity index (χ2v) is 7.65. The number of aromatic nitrogens is 4. The highest BCUT2D eigenvalue weighted by Crippen LogP contribution is 2.28. The molecule has 0 aliphatic rings. The van der Waals surface area contributed by atoms with Crippen molar-refractivity contribution < 1.29 is 0 Å². The number of hydrogen-bond donors (Lipinski definition) is 1. The summed E-state index contributed by atoms with van der Waals surface area (Å²) in [4.78, 5) is 8.99. The number of fused-ring (bicyclic) bond motifs is 1. The highest BCUT2D eigenvalue weighted by molar-refractivity contribution is 9.10. The van der Waals surface area contributed by atoms with Crippen molar-refractivity contribution in [2.24, 2.45) is 0 Å². The van der Waals surface area contributed by atoms with Crippen LogP contribution in [0.3, 0.4) is 0 Å². The molecule has 0 spiro atoms. The van der Waals surface area contributed by atoms with E-state index in [1.165, 1.54) is 0 Å². The van der Waals surface area contributed by atoms with E-state index < -0.39 is 0 Å². The van der Waals surface area contributed by atoms with Crippen molar-refractivity contribution in [3.63, 3.8) is 0 Å². The quantitative estimate of drug-likeness (QED) is 0.475. The number of benzene rings is 1. The smallest absolute Gasteiger partial charge is 0.161 e. The molecule has 4 aromatic rings. The normalized spacial score (nSPS) is 11.3. The van der Waals surface area contributed by atoms with Crippen LogP contribution in [0.4, 0.5) is 5.82 Å². The number of halogens is 1. The van der Waals surface area contributed by atoms with Crippen molar-refractivity contribution in [3.8, 4) is 11.3 Å². The van der Waals surface area contributed by atoms with Crippen LogP contribution in [0.5, 0.6) is 0 Å². The molecule has 1 N–H and O–H groups in total. The van der Waals surface area contributed by atoms with Crippen molar-refractivity contribution in [2.75, 3.05) is 5.32 Å². The van der Waals surface area contributed by atoms with Gasteiger partial charge in [-0.05, 0) is 35.7 Å². The zero-order valence-electron chi connectivity index (χ0n) is 15.2. The van der Waals surface area contributed by atoms with Crippen LogP contribution in [0.2, 0.25) is 0 Å². The van der Waals surface area contributed by atoms with E-state index in [1.54, 1.807) is 12.4 Å². The minimum absolute atomic E-state index is 0.348. The van der Waals surface area contributed by atoms with Crippen molar-refractivity contribution in [3.05, 3.63) is 76.7 Å². The minimum atomic E-state index is 0.348. The van der Waals surface area contributed by atoms with E-state index >= 15 is 0 Å². The van der Waals surface area contributed by atoms with E-state index in [1.807, 2.05) is 41.0 Å². The molecular weight excluding hydrogens is 402 g/mol. The van der Waals surface area contributed by atoms with E-state index in [9.17, 15) is 0 Å². The third-order valence-electron chi connectivity index (χ3n) is 4.46. The minimum Gasteiger partial charge on any atom is -0.366 e. The first-order valence-corrected chi connectivity index (χ1v) is 9.68. The van der Waals surface area contributed by atoms with Crippen LogP contribution in [-0.2, 0) is 6.54 Å². The van der Waals surface area contributed by atoms with Crippen LogP contribution in [-0.4, -0.2) is 19.6 Å². The second kappa shape index (κ2) is 7.48. The summed E-state index contributed by atoms with van der Waals surface area (Å²) < 4.78 is 2.92. The van der Waals surface area contributed by atoms with Gasteiger partial charge in [0.05, 0.1) is 11.9 Å². The van der Waals surface area contributed by atoms with Gasteiger partial charge < -0.3 is 5.32 Å². The standard InChI is InChI=1S/C21H20BrN5/c1-14(2)18-13-25-27-20(24-12-15-6-8-23-9-7-15)11-19(26-21(18)27)16-4-3-5-17(22)10-16/h3-11,13-14,24H,12H2,1-2H3. The van der Waals surface area contributed by atoms with Gasteiger partial charge in [0, 0.05) is 40.6 Å². The van der Waals surface area contributed by atoms with Gasteiger partial charge in [-0.1, -0.05) is 41.9 Å². The van der Waals surface area contributed by atoms with Gasteiger partial charge in [0.25, 0.3) is 0 Å². The molecule has 0 bridgehead atoms. The summed E-state index contributed by atoms with van der Waals surface area (Å²) in [5.41, 5.74) is 5.17. The number of pyridine rings is 1. The van der Waals surface area contributed by atoms with Crippen LogP contribution < -0.4 is 5.32 Å². The Hall–Kier alpha value is -2.73. The van der Waals surface area contributed by atoms with Crippen LogP contribution in [0.15, 0.2) is 65.5 Å². The van der Waals surface area contributed by atoms with Gasteiger partial charge in [0.15, 0.2) is 5.65 Å². The first-order chi connectivity index (χ1) is 13.1. The van der Waals surface area contributed by atoms with Crippen LogP contribution in [0, 0.1) is 0 Å². The number of hydrogen-bond acceptors (Lipinski definition) is 4. The lowest BCUT2D eigenvalue weighted by atomic mass is 10.1. The third kappa shape index (κ3) is 3.71. The number of nitrogens with zero attached hydrogens (tertiary/aromatic N) is 4. The Balaban J connectivity index is 1.80. The molecule has 0 unspecified atom stereocenters. The van der Waals surface area contributed by atoms with Gasteiger partial charge in [-0.2, -0.15) is 9.61 Å². The van der Waals surface area contributed by atoms with E-state index in [4.69, 9.17) is 4.98 Å². The monoisotopic (exact) mass is 421 g/mol. The topological polar surface area (TPSA) is 55.1 Å². The maximum Gasteiger partial charge on any atom is 0.161 e. The van der Waals surface area contributed by atoms with E-state index in [-0.39, 0.29) is 0 Å². The average Bonchev–Trinajstić information content (AvgIpc) is 3.11. The number of anilines is 1. The lowest BCUT2D eigenvalue weighted by Gasteiger charge is -2.12. The van der Waals surface area contributed by atoms with Crippen molar-refractivity contribution in [1.29, 1.82) is 0 Å². The predicted molar refractivity (Wildman–Crippen MR) is 112 cm³/mol. The van der Waals surface area contributed by atoms with Crippen molar-refractivity contribution in [2.45, 2.75) is 26.3 Å². The van der Waals surface area contributed by atoms with Gasteiger partial charge in [-0.25, -0.2) is 4.98 Å². The van der Waals surface area contributed by atoms with Gasteiger partial charge in [0.2, 0.25) is 0 Å². The lowest BCUT2D eigenvalue weighted by molar-refractivity contribution is 0.872. The first-order valence-electron chi connectivity index (χ1n) is 8.89. The molecule has 0 saturated carbocycles. The van der Waals surface area contributed by atoms with E-state index in [0.29, 0.717) is 12.5 Å². The van der Waals surface area contributed by atoms with Gasteiger partial charge >= 0.3 is 0 Å². The maximum atomic E-state index is 4.91. The predicted octanol–water partition coefficient (Wildman–Crippen LogP) is 5.29. The first kappa shape index (κ1) is 17.7. The molecule has 0 aliphatic carbocycles. The molecule has 3 heterocycles. The largest absolute Gasteiger partial charge is 0.366 e. The fraction of sp³-hybridized carbons (Fsp3) is 0.190. The molecule has 0 saturated heterocycles. The summed E-state index contributed by atoms with van der Waals surface area (Å²) in [6, 6.07) is 14.2. The molecule has 136 valence electrons. The van der Waals surface area contributed by atoms with Crippen molar-refractivity contribution >= 4 is 27.4 Å². The van der Waals surface area contributed by atoms with Crippen LogP contribution in [0.1, 0.15) is 30.9 Å². The van der Waals surface area contributed by atoms with Crippen LogP contribution >= 0.6 is 15.9 Å². The molecule has 0 radical (unpaired) electrons. The number of nitrogens with one attached hydrogen (secondary N) is 1. The summed E-state index contributed by atoms with van der Waals surface area (Å²) in [6.45, 7) is 5.01. The fourth-order valence-electron chi connectivity index (χ4n) is 3.00. The Morgan fingerprint density at radius 3 is 2.67 bits per heavy atom. The molecule has 6 heteroatoms. The zero-order chi connectivity index (χ0) is 18.8. The highest BCUT2D eigenvalue weighted by Gasteiger charge is 2.15. The van der Waals surface area contributed by atoms with Crippen molar-refractivity contribution in [1.82, 2.24) is 19.6 Å². The molecule has 4 rings (SSSR count). The molecule has 1 aromatic carbocycles. The Morgan fingerprint density at radius 2 is 1.93 bits per heavy atom. The molecule has 0 amide bonds. The SMILES string of the molecule is CC(C)c1cnn2c(NCc3ccncc3)cc(-c3cccc(Br)c3)nc12. The third-order valence-corrected chi connectivity index (χ3v) is 4.96. The Bertz CT molecular complexity index is 1070. The number of rotatable bonds is 5. The molecule has 0 atom stereocenters. The molecular formula is C21H20BrN5. The van der Waals surface area contributed by atoms with Gasteiger partial charge in [-0.15, -0.1) is 0 Å². The maximum absolute atomic E-state index is 4.91. The molecule has 27 heavy (non-hydrogen) atoms. The summed E-state index contributed by atoms with van der Waals surface area (Å²) in [5, 5.41) is 8.08. The summed E-state index contributed by atoms with van der Waals surface area (Å²) in [6.07, 6.45) is 5.52. The molecule has 0 aliphatic heterocycles. The van der Waals surface area contributed by atoms with Crippen LogP contribution in [0.25, 0.3) is 16.9 Å². The summed E-state index contributed by atoms with van der Waals surface area (Å²) >= 11 is 3.55. The highest BCUT2D eigenvalue weighted by atomic mass is 79.9. The summed E-state index contributed by atoms with van der Waals surface area (Å²) in [7, 11) is 0. The van der Waals surface area contributed by atoms with E-state index in [0.717, 1.165) is 38.3 Å². The Morgan fingerprint density at radius 1 is 1.11 bits per heavy atom. The second-order valence-electron chi connectivity index (χ2n) is 6.74. The average molecular weight is 422 g/mol. The Kier molecular flexibility index (Phi) is 4.90. The summed E-state index contributed by atoms with van der Waals surface area (Å²) in [5.74, 6) is 1.26. The van der Waals surface area contributed by atoms with E-state index in [2.05, 4.69) is 57.3 Å². The van der Waals surface area contributed by atoms with Gasteiger partial charge in [0.1, 0.15) is 5.82 Å². The molecule has 0 fully saturated rings. The molecule has 3 aromatic heterocycles. The molecule has 5 nitrogen and oxygen atoms in total. The lowest BCUT2D eigenvalue weighted by Crippen LogP contribution is -2.07. The van der Waals surface area contributed by atoms with Gasteiger partial charge in [-0.3, -0.25) is 4.98 Å². The Labute approximate surface area is 166 Å².